The quantitative estimate of drug-likeness (QED) is 0.153. The summed E-state index contributed by atoms with van der Waals surface area (Å²) in [6.45, 7) is 16.1. The fourth-order valence-electron chi connectivity index (χ4n) is 6.02. The van der Waals surface area contributed by atoms with Crippen LogP contribution >= 0.6 is 11.6 Å². The SMILES string of the molecule is CC(=Nc1c(C(C)C)cccc1C(C)C)N1CCCN(C(=Nc2c(C)cc(C)cc2Cl)c2c(C)cc(C(F)(F)F)cc2C(F)(F)F)C1. The van der Waals surface area contributed by atoms with Gasteiger partial charge in [0.2, 0.25) is 0 Å². The second-order valence-electron chi connectivity index (χ2n) is 12.8. The number of alkyl halides is 6. The van der Waals surface area contributed by atoms with E-state index in [1.807, 2.05) is 30.9 Å². The third-order valence-electron chi connectivity index (χ3n) is 8.38. The molecule has 0 saturated carbocycles. The van der Waals surface area contributed by atoms with Gasteiger partial charge in [0.25, 0.3) is 0 Å². The molecule has 254 valence electrons. The molecule has 3 aromatic rings. The average molecular weight is 679 g/mol. The lowest BCUT2D eigenvalue weighted by atomic mass is 9.93. The molecule has 4 rings (SSSR count). The molecular weight excluding hydrogens is 638 g/mol. The Morgan fingerprint density at radius 1 is 0.766 bits per heavy atom. The highest BCUT2D eigenvalue weighted by atomic mass is 35.5. The van der Waals surface area contributed by atoms with E-state index in [4.69, 9.17) is 21.6 Å². The molecule has 0 spiro atoms. The third kappa shape index (κ3) is 8.13. The number of amidine groups is 2. The minimum absolute atomic E-state index is 0.0969. The predicted octanol–water partition coefficient (Wildman–Crippen LogP) is 11.3. The summed E-state index contributed by atoms with van der Waals surface area (Å²) in [5.41, 5.74) is 1.40. The molecular formula is C36H41ClF6N4. The molecule has 0 aromatic heterocycles. The number of aliphatic imine (C=N–C) groups is 2. The van der Waals surface area contributed by atoms with Crippen molar-refractivity contribution in [2.75, 3.05) is 19.8 Å². The van der Waals surface area contributed by atoms with Crippen LogP contribution in [0.25, 0.3) is 0 Å². The first-order chi connectivity index (χ1) is 21.8. The van der Waals surface area contributed by atoms with Crippen LogP contribution in [0, 0.1) is 20.8 Å². The molecule has 11 heteroatoms. The van der Waals surface area contributed by atoms with Crippen LogP contribution in [0.4, 0.5) is 37.7 Å². The molecule has 47 heavy (non-hydrogen) atoms. The monoisotopic (exact) mass is 678 g/mol. The van der Waals surface area contributed by atoms with Crippen LogP contribution in [0.5, 0.6) is 0 Å². The highest BCUT2D eigenvalue weighted by molar-refractivity contribution is 6.33. The average Bonchev–Trinajstić information content (AvgIpc) is 2.95. The standard InChI is InChI=1S/C36H41ClF6N4/c1-20(2)27-11-9-12-28(21(3)4)33(27)44-25(8)46-13-10-14-47(19-46)34(45-32-24(7)15-22(5)16-30(32)37)31-23(6)17-26(35(38,39)40)18-29(31)36(41,42)43/h9,11-12,15-18,20-21H,10,13-14,19H2,1-8H3. The maximum atomic E-state index is 14.6. The summed E-state index contributed by atoms with van der Waals surface area (Å²) < 4.78 is 85.1. The zero-order valence-electron chi connectivity index (χ0n) is 28.0. The van der Waals surface area contributed by atoms with Crippen molar-refractivity contribution in [1.82, 2.24) is 9.80 Å². The zero-order valence-corrected chi connectivity index (χ0v) is 28.7. The summed E-state index contributed by atoms with van der Waals surface area (Å²) in [7, 11) is 0. The van der Waals surface area contributed by atoms with Crippen molar-refractivity contribution in [2.45, 2.75) is 86.0 Å². The van der Waals surface area contributed by atoms with E-state index < -0.39 is 29.0 Å². The Bertz CT molecular complexity index is 1640. The Kier molecular flexibility index (Phi) is 10.7. The molecule has 0 unspecified atom stereocenters. The highest BCUT2D eigenvalue weighted by Crippen LogP contribution is 2.41. The van der Waals surface area contributed by atoms with Crippen molar-refractivity contribution in [1.29, 1.82) is 0 Å². The van der Waals surface area contributed by atoms with E-state index in [-0.39, 0.29) is 46.7 Å². The molecule has 1 fully saturated rings. The Labute approximate surface area is 278 Å². The van der Waals surface area contributed by atoms with E-state index in [1.165, 1.54) is 6.92 Å². The maximum absolute atomic E-state index is 14.6. The van der Waals surface area contributed by atoms with Gasteiger partial charge in [0, 0.05) is 18.7 Å². The van der Waals surface area contributed by atoms with Crippen molar-refractivity contribution in [3.8, 4) is 0 Å². The molecule has 0 radical (unpaired) electrons. The minimum Gasteiger partial charge on any atom is -0.342 e. The van der Waals surface area contributed by atoms with Gasteiger partial charge in [-0.05, 0) is 92.0 Å². The van der Waals surface area contributed by atoms with Crippen LogP contribution in [0.1, 0.15) is 97.4 Å². The summed E-state index contributed by atoms with van der Waals surface area (Å²) in [4.78, 5) is 13.5. The van der Waals surface area contributed by atoms with Crippen molar-refractivity contribution >= 4 is 34.6 Å². The van der Waals surface area contributed by atoms with Gasteiger partial charge < -0.3 is 9.80 Å². The van der Waals surface area contributed by atoms with E-state index in [0.29, 0.717) is 30.9 Å². The maximum Gasteiger partial charge on any atom is 0.417 e. The topological polar surface area (TPSA) is 31.2 Å². The largest absolute Gasteiger partial charge is 0.417 e. The van der Waals surface area contributed by atoms with Crippen molar-refractivity contribution in [3.63, 3.8) is 0 Å². The van der Waals surface area contributed by atoms with Crippen LogP contribution < -0.4 is 0 Å². The molecule has 0 amide bonds. The zero-order chi connectivity index (χ0) is 35.0. The smallest absolute Gasteiger partial charge is 0.342 e. The Morgan fingerprint density at radius 2 is 1.36 bits per heavy atom. The Balaban J connectivity index is 1.91. The van der Waals surface area contributed by atoms with Gasteiger partial charge >= 0.3 is 12.4 Å². The molecule has 1 saturated heterocycles. The number of hydrogen-bond donors (Lipinski definition) is 0. The number of hydrogen-bond acceptors (Lipinski definition) is 2. The summed E-state index contributed by atoms with van der Waals surface area (Å²) >= 11 is 6.58. The highest BCUT2D eigenvalue weighted by Gasteiger charge is 2.41. The number of nitrogens with zero attached hydrogens (tertiary/aromatic N) is 4. The fourth-order valence-corrected chi connectivity index (χ4v) is 6.39. The molecule has 0 N–H and O–H groups in total. The lowest BCUT2D eigenvalue weighted by Crippen LogP contribution is -2.49. The first-order valence-electron chi connectivity index (χ1n) is 15.6. The van der Waals surface area contributed by atoms with Gasteiger partial charge in [0.1, 0.15) is 11.7 Å². The third-order valence-corrected chi connectivity index (χ3v) is 8.67. The van der Waals surface area contributed by atoms with Gasteiger partial charge in [-0.2, -0.15) is 26.3 Å². The van der Waals surface area contributed by atoms with Crippen LogP contribution in [0.15, 0.2) is 52.4 Å². The molecule has 0 bridgehead atoms. The van der Waals surface area contributed by atoms with Gasteiger partial charge in [-0.3, -0.25) is 0 Å². The molecule has 0 aliphatic carbocycles. The second-order valence-corrected chi connectivity index (χ2v) is 13.2. The first kappa shape index (κ1) is 36.3. The van der Waals surface area contributed by atoms with E-state index in [9.17, 15) is 26.3 Å². The van der Waals surface area contributed by atoms with Gasteiger partial charge in [-0.1, -0.05) is 63.6 Å². The van der Waals surface area contributed by atoms with Crippen molar-refractivity contribution < 1.29 is 26.3 Å². The van der Waals surface area contributed by atoms with E-state index in [0.717, 1.165) is 28.4 Å². The lowest BCUT2D eigenvalue weighted by molar-refractivity contribution is -0.143. The van der Waals surface area contributed by atoms with Crippen LogP contribution in [-0.2, 0) is 12.4 Å². The number of rotatable bonds is 5. The minimum atomic E-state index is -5.09. The van der Waals surface area contributed by atoms with Gasteiger partial charge in [0.05, 0.1) is 34.2 Å². The fraction of sp³-hybridized carbons (Fsp3) is 0.444. The van der Waals surface area contributed by atoms with Gasteiger partial charge in [-0.15, -0.1) is 0 Å². The second kappa shape index (κ2) is 13.9. The van der Waals surface area contributed by atoms with E-state index in [2.05, 4.69) is 39.8 Å². The molecule has 1 heterocycles. The molecule has 1 aliphatic heterocycles. The van der Waals surface area contributed by atoms with Crippen molar-refractivity contribution in [2.24, 2.45) is 9.98 Å². The summed E-state index contributed by atoms with van der Waals surface area (Å²) in [6.07, 6.45) is -9.50. The molecule has 3 aromatic carbocycles. The summed E-state index contributed by atoms with van der Waals surface area (Å²) in [6, 6.07) is 10.5. The number of benzene rings is 3. The van der Waals surface area contributed by atoms with E-state index in [1.54, 1.807) is 17.9 Å². The summed E-state index contributed by atoms with van der Waals surface area (Å²) in [5, 5.41) is 0.233. The number of halogens is 7. The van der Waals surface area contributed by atoms with Crippen LogP contribution in [0.2, 0.25) is 5.02 Å². The Morgan fingerprint density at radius 3 is 1.89 bits per heavy atom. The van der Waals surface area contributed by atoms with Crippen molar-refractivity contribution in [3.05, 3.63) is 92.0 Å². The lowest BCUT2D eigenvalue weighted by Gasteiger charge is -2.39. The first-order valence-corrected chi connectivity index (χ1v) is 16.0. The predicted molar refractivity (Wildman–Crippen MR) is 179 cm³/mol. The summed E-state index contributed by atoms with van der Waals surface area (Å²) in [5.74, 6) is 1.000. The number of para-hydroxylation sites is 1. The van der Waals surface area contributed by atoms with Crippen LogP contribution in [-0.4, -0.2) is 41.2 Å². The van der Waals surface area contributed by atoms with E-state index >= 15 is 0 Å². The molecule has 1 aliphatic rings. The Hall–Kier alpha value is -3.53. The normalized spacial score (nSPS) is 15.3. The van der Waals surface area contributed by atoms with Crippen LogP contribution in [0.3, 0.4) is 0 Å². The molecule has 4 nitrogen and oxygen atoms in total. The van der Waals surface area contributed by atoms with Gasteiger partial charge in [0.15, 0.2) is 0 Å². The number of aryl methyl sites for hydroxylation is 3. The molecule has 0 atom stereocenters. The van der Waals surface area contributed by atoms with Gasteiger partial charge in [-0.25, -0.2) is 9.98 Å².